The van der Waals surface area contributed by atoms with Crippen LogP contribution in [0, 0.1) is 10.7 Å². The van der Waals surface area contributed by atoms with Gasteiger partial charge >= 0.3 is 0 Å². The summed E-state index contributed by atoms with van der Waals surface area (Å²) in [6, 6.07) is 0. The zero-order chi connectivity index (χ0) is 28.4. The summed E-state index contributed by atoms with van der Waals surface area (Å²) in [6.45, 7) is -2.47. The topological polar surface area (TPSA) is 220 Å². The summed E-state index contributed by atoms with van der Waals surface area (Å²) in [5, 5.41) is 71.2. The van der Waals surface area contributed by atoms with E-state index in [9.17, 15) is 39.9 Å². The van der Waals surface area contributed by atoms with Crippen LogP contribution in [0.3, 0.4) is 0 Å². The van der Waals surface area contributed by atoms with Crippen molar-refractivity contribution in [3.05, 3.63) is 21.8 Å². The predicted octanol–water partition coefficient (Wildman–Crippen LogP) is -1.88. The van der Waals surface area contributed by atoms with Gasteiger partial charge in [0.1, 0.15) is 6.61 Å². The molecule has 0 saturated carbocycles. The van der Waals surface area contributed by atoms with Gasteiger partial charge in [0, 0.05) is 36.5 Å². The van der Waals surface area contributed by atoms with Gasteiger partial charge in [0.25, 0.3) is 17.7 Å². The van der Waals surface area contributed by atoms with Crippen LogP contribution in [0.2, 0.25) is 0 Å². The molecule has 0 aliphatic carbocycles. The summed E-state index contributed by atoms with van der Waals surface area (Å²) in [6.07, 6.45) is -5.03. The Morgan fingerprint density at radius 1 is 0.730 bits per heavy atom. The van der Waals surface area contributed by atoms with Gasteiger partial charge in [-0.05, 0) is 67.8 Å². The number of amides is 3. The molecule has 1 aromatic carbocycles. The number of nitrogens with one attached hydrogen (secondary N) is 2. The van der Waals surface area contributed by atoms with Crippen molar-refractivity contribution in [2.75, 3.05) is 44.9 Å². The lowest BCUT2D eigenvalue weighted by Crippen LogP contribution is -2.38. The molecule has 37 heavy (non-hydrogen) atoms. The number of carbonyl (C=O) groups is 3. The minimum atomic E-state index is -1.17. The third-order valence-electron chi connectivity index (χ3n) is 5.10. The lowest BCUT2D eigenvalue weighted by atomic mass is 10.1. The van der Waals surface area contributed by atoms with Crippen molar-refractivity contribution in [1.29, 1.82) is 0 Å². The Balaban J connectivity index is 3.42. The van der Waals surface area contributed by atoms with Gasteiger partial charge in [-0.3, -0.25) is 14.4 Å². The molecule has 3 amide bonds. The zero-order valence-electron chi connectivity index (χ0n) is 19.7. The number of nitrogens with zero attached hydrogens (tertiary/aromatic N) is 1. The second-order valence-corrected chi connectivity index (χ2v) is 11.3. The van der Waals surface area contributed by atoms with Crippen molar-refractivity contribution in [2.45, 2.75) is 37.3 Å². The van der Waals surface area contributed by atoms with Crippen LogP contribution in [0.1, 0.15) is 33.6 Å². The Hall–Kier alpha value is -0.460. The highest BCUT2D eigenvalue weighted by atomic mass is 127. The van der Waals surface area contributed by atoms with Crippen molar-refractivity contribution in [3.63, 3.8) is 0 Å². The first kappa shape index (κ1) is 34.6. The average molecular weight is 865 g/mol. The molecule has 1 aromatic rings. The third-order valence-corrected chi connectivity index (χ3v) is 8.28. The maximum Gasteiger partial charge on any atom is 0.253 e. The molecule has 0 heterocycles. The molecule has 16 heteroatoms. The van der Waals surface area contributed by atoms with Gasteiger partial charge in [0.2, 0.25) is 0 Å². The van der Waals surface area contributed by atoms with E-state index in [0.29, 0.717) is 7.14 Å². The number of halogens is 3. The Morgan fingerprint density at radius 3 is 1.43 bits per heavy atom. The lowest BCUT2D eigenvalue weighted by molar-refractivity contribution is -0.121. The largest absolute Gasteiger partial charge is 0.394 e. The van der Waals surface area contributed by atoms with E-state index >= 15 is 0 Å². The monoisotopic (exact) mass is 865 g/mol. The molecule has 1 rings (SSSR count). The molecule has 210 valence electrons. The van der Waals surface area contributed by atoms with Crippen LogP contribution in [0.15, 0.2) is 0 Å². The first-order valence-electron chi connectivity index (χ1n) is 10.9. The number of benzene rings is 1. The second-order valence-electron chi connectivity index (χ2n) is 8.02. The van der Waals surface area contributed by atoms with E-state index < -0.39 is 62.0 Å². The Labute approximate surface area is 254 Å². The lowest BCUT2D eigenvalue weighted by Gasteiger charge is -2.25. The summed E-state index contributed by atoms with van der Waals surface area (Å²) < 4.78 is 0.797. The van der Waals surface area contributed by atoms with Crippen LogP contribution >= 0.6 is 67.8 Å². The van der Waals surface area contributed by atoms with E-state index in [4.69, 9.17) is 10.2 Å². The fourth-order valence-corrected chi connectivity index (χ4v) is 7.99. The number of hydrogen-bond acceptors (Lipinski definition) is 10. The van der Waals surface area contributed by atoms with E-state index in [1.54, 1.807) is 22.6 Å². The minimum Gasteiger partial charge on any atom is -0.394 e. The highest BCUT2D eigenvalue weighted by Gasteiger charge is 2.31. The van der Waals surface area contributed by atoms with Crippen LogP contribution in [0.25, 0.3) is 0 Å². The van der Waals surface area contributed by atoms with E-state index in [0.717, 1.165) is 4.90 Å². The van der Waals surface area contributed by atoms with E-state index in [1.165, 1.54) is 7.05 Å². The van der Waals surface area contributed by atoms with Crippen molar-refractivity contribution in [2.24, 2.45) is 0 Å². The highest BCUT2D eigenvalue weighted by molar-refractivity contribution is 14.1. The van der Waals surface area contributed by atoms with Crippen LogP contribution in [0.5, 0.6) is 0 Å². The van der Waals surface area contributed by atoms with Crippen molar-refractivity contribution >= 4 is 91.2 Å². The molecular weight excluding hydrogens is 835 g/mol. The number of aliphatic hydroxyl groups excluding tert-OH is 7. The maximum atomic E-state index is 13.1. The van der Waals surface area contributed by atoms with Gasteiger partial charge in [-0.25, -0.2) is 0 Å². The van der Waals surface area contributed by atoms with Gasteiger partial charge in [-0.2, -0.15) is 0 Å². The minimum absolute atomic E-state index is 0.0190. The number of aliphatic hydroxyl groups is 7. The summed E-state index contributed by atoms with van der Waals surface area (Å²) >= 11 is 5.48. The molecule has 0 aliphatic heterocycles. The molecule has 0 saturated heterocycles. The molecular formula is C21H30I3N3O10. The molecule has 0 aromatic heterocycles. The Bertz CT molecular complexity index is 907. The highest BCUT2D eigenvalue weighted by Crippen LogP contribution is 2.37. The SMILES string of the molecule is CN(C(=O)CO)c1c(I)c(C(=O)NCC(O)CC(O)CO)c(I)c(C(=O)NCC(O)CC(O)CO)c1I. The molecule has 0 aliphatic rings. The third kappa shape index (κ3) is 9.90. The Morgan fingerprint density at radius 2 is 1.11 bits per heavy atom. The summed E-state index contributed by atoms with van der Waals surface area (Å²) in [7, 11) is 1.37. The number of carbonyl (C=O) groups excluding carboxylic acids is 3. The quantitative estimate of drug-likeness (QED) is 0.0949. The van der Waals surface area contributed by atoms with Crippen molar-refractivity contribution in [1.82, 2.24) is 10.6 Å². The van der Waals surface area contributed by atoms with Crippen LogP contribution in [0.4, 0.5) is 5.69 Å². The molecule has 4 unspecified atom stereocenters. The second kappa shape index (κ2) is 16.6. The summed E-state index contributed by atoms with van der Waals surface area (Å²) in [4.78, 5) is 39.7. The first-order valence-corrected chi connectivity index (χ1v) is 14.1. The summed E-state index contributed by atoms with van der Waals surface area (Å²) in [5.74, 6) is -2.07. The predicted molar refractivity (Wildman–Crippen MR) is 157 cm³/mol. The number of rotatable bonds is 14. The van der Waals surface area contributed by atoms with Gasteiger partial charge in [0.05, 0.1) is 61.6 Å². The van der Waals surface area contributed by atoms with E-state index in [1.807, 2.05) is 45.2 Å². The normalized spacial score (nSPS) is 14.5. The first-order chi connectivity index (χ1) is 17.3. The maximum absolute atomic E-state index is 13.1. The average Bonchev–Trinajstić information content (AvgIpc) is 2.85. The van der Waals surface area contributed by atoms with Gasteiger partial charge in [0.15, 0.2) is 0 Å². The number of anilines is 1. The molecule has 0 radical (unpaired) electrons. The molecule has 4 atom stereocenters. The van der Waals surface area contributed by atoms with Crippen LogP contribution < -0.4 is 15.5 Å². The van der Waals surface area contributed by atoms with Crippen LogP contribution in [-0.4, -0.2) is 118 Å². The van der Waals surface area contributed by atoms with Crippen LogP contribution in [-0.2, 0) is 4.79 Å². The fraction of sp³-hybridized carbons (Fsp3) is 0.571. The molecule has 0 bridgehead atoms. The number of hydrogen-bond donors (Lipinski definition) is 9. The van der Waals surface area contributed by atoms with E-state index in [-0.39, 0.29) is 46.3 Å². The zero-order valence-corrected chi connectivity index (χ0v) is 26.2. The van der Waals surface area contributed by atoms with Crippen molar-refractivity contribution in [3.8, 4) is 0 Å². The summed E-state index contributed by atoms with van der Waals surface area (Å²) in [5.41, 5.74) is 0.222. The molecule has 9 N–H and O–H groups in total. The fourth-order valence-electron chi connectivity index (χ4n) is 3.12. The Kier molecular flexibility index (Phi) is 15.5. The molecule has 0 fully saturated rings. The number of likely N-dealkylation sites (N-methyl/N-ethyl adjacent to an activating group) is 1. The van der Waals surface area contributed by atoms with E-state index in [2.05, 4.69) is 10.6 Å². The standard InChI is InChI=1S/C21H30I3N3O10/c1-27(13(35)8-30)19-17(23)14(20(36)25-4-9(31)2-11(33)6-28)16(22)15(18(19)24)21(37)26-5-10(32)3-12(34)7-29/h9-12,28-34H,2-8H2,1H3,(H,25,36)(H,26,37). The van der Waals surface area contributed by atoms with Gasteiger partial charge < -0.3 is 51.3 Å². The van der Waals surface area contributed by atoms with Crippen molar-refractivity contribution < 1.29 is 50.1 Å². The van der Waals surface area contributed by atoms with Gasteiger partial charge in [-0.1, -0.05) is 0 Å². The smallest absolute Gasteiger partial charge is 0.253 e. The van der Waals surface area contributed by atoms with Gasteiger partial charge in [-0.15, -0.1) is 0 Å². The molecule has 13 nitrogen and oxygen atoms in total. The molecule has 0 spiro atoms.